The van der Waals surface area contributed by atoms with Crippen LogP contribution in [0.25, 0.3) is 0 Å². The Morgan fingerprint density at radius 1 is 0.528 bits per heavy atom. The topological polar surface area (TPSA) is 95.9 Å². The first-order valence-electron chi connectivity index (χ1n) is 23.4. The number of ether oxygens (including phenoxy) is 1. The van der Waals surface area contributed by atoms with Gasteiger partial charge in [-0.05, 0) is 51.4 Å². The lowest BCUT2D eigenvalue weighted by Gasteiger charge is -2.24. The van der Waals surface area contributed by atoms with Gasteiger partial charge in [-0.3, -0.25) is 9.59 Å². The lowest BCUT2D eigenvalue weighted by atomic mass is 10.0. The Morgan fingerprint density at radius 2 is 0.906 bits per heavy atom. The molecule has 3 unspecified atom stereocenters. The number of hydrogen-bond donors (Lipinski definition) is 3. The van der Waals surface area contributed by atoms with Crippen LogP contribution in [0.5, 0.6) is 0 Å². The molecule has 0 aromatic heterocycles. The number of nitrogens with one attached hydrogen (secondary N) is 1. The predicted molar refractivity (Wildman–Crippen MR) is 227 cm³/mol. The van der Waals surface area contributed by atoms with Crippen molar-refractivity contribution >= 4 is 11.9 Å². The molecular weight excluding hydrogens is 659 g/mol. The van der Waals surface area contributed by atoms with Crippen LogP contribution in [-0.4, -0.2) is 46.9 Å². The molecule has 0 spiro atoms. The Hall–Kier alpha value is -1.40. The van der Waals surface area contributed by atoms with Gasteiger partial charge in [0.05, 0.1) is 25.2 Å². The number of rotatable bonds is 42. The van der Waals surface area contributed by atoms with E-state index in [1.807, 2.05) is 0 Å². The third-order valence-electron chi connectivity index (χ3n) is 10.8. The van der Waals surface area contributed by atoms with Crippen molar-refractivity contribution in [2.24, 2.45) is 0 Å². The molecule has 0 aliphatic rings. The highest BCUT2D eigenvalue weighted by atomic mass is 16.5. The van der Waals surface area contributed by atoms with E-state index in [1.54, 1.807) is 0 Å². The maximum Gasteiger partial charge on any atom is 0.306 e. The summed E-state index contributed by atoms with van der Waals surface area (Å²) in [4.78, 5) is 25.9. The molecule has 53 heavy (non-hydrogen) atoms. The molecule has 6 nitrogen and oxygen atoms in total. The number of carbonyl (C=O) groups is 2. The molecule has 0 rings (SSSR count). The van der Waals surface area contributed by atoms with Gasteiger partial charge in [-0.15, -0.1) is 0 Å². The number of carbonyl (C=O) groups excluding carboxylic acids is 2. The average Bonchev–Trinajstić information content (AvgIpc) is 3.15. The summed E-state index contributed by atoms with van der Waals surface area (Å²) in [6.45, 7) is 6.45. The van der Waals surface area contributed by atoms with Gasteiger partial charge in [0.2, 0.25) is 5.91 Å². The third kappa shape index (κ3) is 37.3. The molecule has 0 heterocycles. The van der Waals surface area contributed by atoms with Crippen LogP contribution in [0.1, 0.15) is 252 Å². The van der Waals surface area contributed by atoms with Crippen LogP contribution in [0.3, 0.4) is 0 Å². The SMILES string of the molecule is CCCCCCCCC/C=C\CCCCCC(=O)OC(CCCCCCCCCCC)CC(=O)NC(CO)C(O)CCCCCCCCCCCCC. The van der Waals surface area contributed by atoms with Crippen LogP contribution in [0.15, 0.2) is 12.2 Å². The van der Waals surface area contributed by atoms with Gasteiger partial charge in [0, 0.05) is 6.42 Å². The van der Waals surface area contributed by atoms with Gasteiger partial charge < -0.3 is 20.3 Å². The maximum absolute atomic E-state index is 13.1. The van der Waals surface area contributed by atoms with Crippen LogP contribution in [0, 0.1) is 0 Å². The Kier molecular flexibility index (Phi) is 40.7. The molecule has 0 aromatic rings. The van der Waals surface area contributed by atoms with Crippen molar-refractivity contribution in [3.63, 3.8) is 0 Å². The number of aliphatic hydroxyl groups excluding tert-OH is 2. The molecule has 0 radical (unpaired) electrons. The first-order valence-corrected chi connectivity index (χ1v) is 23.4. The standard InChI is InChI=1S/C47H91NO5/c1-4-7-10-13-16-19-21-22-23-25-28-31-34-37-40-47(52)53-43(38-35-32-29-26-18-15-12-9-6-3)41-46(51)48-44(42-49)45(50)39-36-33-30-27-24-20-17-14-11-8-5-2/h23,25,43-45,49-50H,4-22,24,26-42H2,1-3H3,(H,48,51)/b25-23-. The molecule has 314 valence electrons. The summed E-state index contributed by atoms with van der Waals surface area (Å²) in [5.74, 6) is -0.484. The van der Waals surface area contributed by atoms with Crippen molar-refractivity contribution in [2.75, 3.05) is 6.61 Å². The van der Waals surface area contributed by atoms with E-state index < -0.39 is 18.2 Å². The molecule has 0 bridgehead atoms. The van der Waals surface area contributed by atoms with E-state index in [1.165, 1.54) is 154 Å². The van der Waals surface area contributed by atoms with E-state index in [9.17, 15) is 19.8 Å². The first kappa shape index (κ1) is 51.6. The van der Waals surface area contributed by atoms with E-state index in [0.29, 0.717) is 19.3 Å². The summed E-state index contributed by atoms with van der Waals surface area (Å²) in [7, 11) is 0. The minimum atomic E-state index is -0.781. The Balaban J connectivity index is 4.52. The number of amides is 1. The predicted octanol–water partition coefficient (Wildman–Crippen LogP) is 13.4. The van der Waals surface area contributed by atoms with Crippen molar-refractivity contribution in [1.82, 2.24) is 5.32 Å². The normalized spacial score (nSPS) is 13.4. The molecule has 0 aromatic carbocycles. The smallest absolute Gasteiger partial charge is 0.306 e. The van der Waals surface area contributed by atoms with Gasteiger partial charge in [0.1, 0.15) is 6.10 Å². The molecule has 0 aliphatic carbocycles. The lowest BCUT2D eigenvalue weighted by Crippen LogP contribution is -2.46. The molecular formula is C47H91NO5. The quantitative estimate of drug-likeness (QED) is 0.0328. The Labute approximate surface area is 329 Å². The number of allylic oxidation sites excluding steroid dienone is 2. The zero-order valence-corrected chi connectivity index (χ0v) is 35.7. The minimum Gasteiger partial charge on any atom is -0.462 e. The molecule has 0 saturated carbocycles. The number of aliphatic hydroxyl groups is 2. The summed E-state index contributed by atoms with van der Waals surface area (Å²) < 4.78 is 5.89. The second-order valence-electron chi connectivity index (χ2n) is 16.2. The van der Waals surface area contributed by atoms with Crippen molar-refractivity contribution in [2.45, 2.75) is 270 Å². The fourth-order valence-corrected chi connectivity index (χ4v) is 7.25. The van der Waals surface area contributed by atoms with Gasteiger partial charge in [0.25, 0.3) is 0 Å². The number of hydrogen-bond acceptors (Lipinski definition) is 5. The molecule has 3 N–H and O–H groups in total. The fraction of sp³-hybridized carbons (Fsp3) is 0.915. The van der Waals surface area contributed by atoms with Gasteiger partial charge in [-0.2, -0.15) is 0 Å². The third-order valence-corrected chi connectivity index (χ3v) is 10.8. The summed E-state index contributed by atoms with van der Waals surface area (Å²) in [5, 5.41) is 23.6. The van der Waals surface area contributed by atoms with Crippen LogP contribution in [-0.2, 0) is 14.3 Å². The highest BCUT2D eigenvalue weighted by Crippen LogP contribution is 2.18. The highest BCUT2D eigenvalue weighted by Gasteiger charge is 2.24. The summed E-state index contributed by atoms with van der Waals surface area (Å²) in [5.41, 5.74) is 0. The van der Waals surface area contributed by atoms with Crippen molar-refractivity contribution in [1.29, 1.82) is 0 Å². The van der Waals surface area contributed by atoms with Crippen LogP contribution >= 0.6 is 0 Å². The van der Waals surface area contributed by atoms with E-state index in [2.05, 4.69) is 38.2 Å². The van der Waals surface area contributed by atoms with Gasteiger partial charge >= 0.3 is 5.97 Å². The van der Waals surface area contributed by atoms with Gasteiger partial charge in [-0.1, -0.05) is 200 Å². The monoisotopic (exact) mass is 750 g/mol. The maximum atomic E-state index is 13.1. The van der Waals surface area contributed by atoms with E-state index in [4.69, 9.17) is 4.74 Å². The second-order valence-corrected chi connectivity index (χ2v) is 16.2. The van der Waals surface area contributed by atoms with E-state index in [-0.39, 0.29) is 24.9 Å². The summed E-state index contributed by atoms with van der Waals surface area (Å²) in [6.07, 6.45) is 44.1. The molecule has 1 amide bonds. The Bertz CT molecular complexity index is 802. The average molecular weight is 750 g/mol. The second kappa shape index (κ2) is 41.8. The Morgan fingerprint density at radius 3 is 1.34 bits per heavy atom. The van der Waals surface area contributed by atoms with Crippen LogP contribution in [0.4, 0.5) is 0 Å². The van der Waals surface area contributed by atoms with Gasteiger partial charge in [0.15, 0.2) is 0 Å². The van der Waals surface area contributed by atoms with E-state index >= 15 is 0 Å². The zero-order chi connectivity index (χ0) is 38.9. The highest BCUT2D eigenvalue weighted by molar-refractivity contribution is 5.77. The van der Waals surface area contributed by atoms with Crippen LogP contribution in [0.2, 0.25) is 0 Å². The first-order chi connectivity index (χ1) is 26.0. The molecule has 6 heteroatoms. The molecule has 0 fully saturated rings. The van der Waals surface area contributed by atoms with E-state index in [0.717, 1.165) is 51.4 Å². The lowest BCUT2D eigenvalue weighted by molar-refractivity contribution is -0.151. The minimum absolute atomic E-state index is 0.0773. The van der Waals surface area contributed by atoms with Gasteiger partial charge in [-0.25, -0.2) is 0 Å². The molecule has 0 aliphatic heterocycles. The fourth-order valence-electron chi connectivity index (χ4n) is 7.25. The zero-order valence-electron chi connectivity index (χ0n) is 35.7. The molecule has 0 saturated heterocycles. The van der Waals surface area contributed by atoms with Crippen molar-refractivity contribution < 1.29 is 24.5 Å². The van der Waals surface area contributed by atoms with Crippen molar-refractivity contribution in [3.8, 4) is 0 Å². The van der Waals surface area contributed by atoms with Crippen molar-refractivity contribution in [3.05, 3.63) is 12.2 Å². The van der Waals surface area contributed by atoms with Crippen LogP contribution < -0.4 is 5.32 Å². The largest absolute Gasteiger partial charge is 0.462 e. The number of unbranched alkanes of at least 4 members (excludes halogenated alkanes) is 28. The summed E-state index contributed by atoms with van der Waals surface area (Å²) >= 11 is 0. The number of esters is 1. The summed E-state index contributed by atoms with van der Waals surface area (Å²) in [6, 6.07) is -0.695. The molecule has 3 atom stereocenters.